The fraction of sp³-hybridized carbons (Fsp3) is 0.455. The van der Waals surface area contributed by atoms with Gasteiger partial charge >= 0.3 is 0 Å². The van der Waals surface area contributed by atoms with Crippen molar-refractivity contribution in [2.45, 2.75) is 12.5 Å². The zero-order valence-electron chi connectivity index (χ0n) is 9.50. The monoisotopic (exact) mass is 289 g/mol. The van der Waals surface area contributed by atoms with Gasteiger partial charge in [0.2, 0.25) is 0 Å². The number of nitrogens with two attached hydrogens (primary N) is 1. The fourth-order valence-corrected chi connectivity index (χ4v) is 2.01. The van der Waals surface area contributed by atoms with E-state index in [-0.39, 0.29) is 11.9 Å². The van der Waals surface area contributed by atoms with Crippen molar-refractivity contribution < 1.29 is 4.39 Å². The summed E-state index contributed by atoms with van der Waals surface area (Å²) in [5.74, 6) is 5.23. The van der Waals surface area contributed by atoms with Gasteiger partial charge in [-0.3, -0.25) is 11.3 Å². The highest BCUT2D eigenvalue weighted by Gasteiger charge is 2.12. The Bertz CT molecular complexity index is 344. The molecule has 0 aliphatic rings. The van der Waals surface area contributed by atoms with Crippen LogP contribution in [0, 0.1) is 5.82 Å². The van der Waals surface area contributed by atoms with Crippen molar-refractivity contribution in [1.29, 1.82) is 0 Å². The molecule has 0 spiro atoms. The van der Waals surface area contributed by atoms with Gasteiger partial charge in [0, 0.05) is 12.6 Å². The maximum Gasteiger partial charge on any atom is 0.137 e. The van der Waals surface area contributed by atoms with Crippen LogP contribution in [0.1, 0.15) is 5.56 Å². The van der Waals surface area contributed by atoms with Crippen LogP contribution in [-0.2, 0) is 6.42 Å². The third-order valence-corrected chi connectivity index (χ3v) is 3.21. The summed E-state index contributed by atoms with van der Waals surface area (Å²) in [4.78, 5) is 2.04. The summed E-state index contributed by atoms with van der Waals surface area (Å²) >= 11 is 3.25. The average molecular weight is 290 g/mol. The Kier molecular flexibility index (Phi) is 5.34. The molecule has 3 nitrogen and oxygen atoms in total. The Morgan fingerprint density at radius 1 is 1.50 bits per heavy atom. The van der Waals surface area contributed by atoms with Crippen molar-refractivity contribution >= 4 is 15.9 Å². The van der Waals surface area contributed by atoms with Crippen LogP contribution >= 0.6 is 15.9 Å². The molecule has 0 bridgehead atoms. The summed E-state index contributed by atoms with van der Waals surface area (Å²) in [7, 11) is 3.95. The molecule has 0 aliphatic carbocycles. The largest absolute Gasteiger partial charge is 0.308 e. The van der Waals surface area contributed by atoms with Crippen molar-refractivity contribution in [2.75, 3.05) is 20.6 Å². The first kappa shape index (κ1) is 13.6. The van der Waals surface area contributed by atoms with Crippen LogP contribution in [0.2, 0.25) is 0 Å². The van der Waals surface area contributed by atoms with Crippen LogP contribution in [0.3, 0.4) is 0 Å². The topological polar surface area (TPSA) is 41.3 Å². The van der Waals surface area contributed by atoms with Crippen molar-refractivity contribution in [3.8, 4) is 0 Å². The molecule has 0 aliphatic heterocycles. The molecule has 0 aromatic heterocycles. The Labute approximate surface area is 104 Å². The van der Waals surface area contributed by atoms with Crippen molar-refractivity contribution in [3.63, 3.8) is 0 Å². The highest BCUT2D eigenvalue weighted by Crippen LogP contribution is 2.21. The number of hydrogen-bond acceptors (Lipinski definition) is 3. The average Bonchev–Trinajstić information content (AvgIpc) is 2.23. The number of hydrazine groups is 1. The van der Waals surface area contributed by atoms with Crippen molar-refractivity contribution in [1.82, 2.24) is 10.3 Å². The molecule has 0 amide bonds. The summed E-state index contributed by atoms with van der Waals surface area (Å²) in [6.45, 7) is 0.805. The van der Waals surface area contributed by atoms with Gasteiger partial charge in [0.25, 0.3) is 0 Å². The van der Waals surface area contributed by atoms with E-state index in [1.165, 1.54) is 6.07 Å². The summed E-state index contributed by atoms with van der Waals surface area (Å²) < 4.78 is 13.8. The normalized spacial score (nSPS) is 13.1. The smallest absolute Gasteiger partial charge is 0.137 e. The minimum atomic E-state index is -0.238. The molecule has 1 aromatic carbocycles. The summed E-state index contributed by atoms with van der Waals surface area (Å²) in [6.07, 6.45) is 0.688. The van der Waals surface area contributed by atoms with Gasteiger partial charge in [-0.05, 0) is 48.1 Å². The number of benzene rings is 1. The molecule has 0 heterocycles. The van der Waals surface area contributed by atoms with E-state index >= 15 is 0 Å². The Morgan fingerprint density at radius 3 is 2.75 bits per heavy atom. The number of hydrogen-bond donors (Lipinski definition) is 2. The number of halogens is 2. The molecular formula is C11H17BrFN3. The van der Waals surface area contributed by atoms with Crippen molar-refractivity contribution in [3.05, 3.63) is 34.1 Å². The quantitative estimate of drug-likeness (QED) is 0.638. The zero-order valence-corrected chi connectivity index (χ0v) is 11.1. The molecule has 3 N–H and O–H groups in total. The third kappa shape index (κ3) is 3.83. The predicted molar refractivity (Wildman–Crippen MR) is 67.5 cm³/mol. The minimum absolute atomic E-state index is 0.105. The van der Waals surface area contributed by atoms with Gasteiger partial charge in [-0.1, -0.05) is 12.1 Å². The van der Waals surface area contributed by atoms with Crippen LogP contribution in [0.15, 0.2) is 22.7 Å². The molecule has 0 radical (unpaired) electrons. The van der Waals surface area contributed by atoms with Crippen LogP contribution in [0.25, 0.3) is 0 Å². The molecule has 0 saturated heterocycles. The lowest BCUT2D eigenvalue weighted by molar-refractivity contribution is 0.338. The molecule has 16 heavy (non-hydrogen) atoms. The van der Waals surface area contributed by atoms with E-state index in [1.807, 2.05) is 25.1 Å². The lowest BCUT2D eigenvalue weighted by Gasteiger charge is -2.20. The van der Waals surface area contributed by atoms with Gasteiger partial charge in [-0.25, -0.2) is 4.39 Å². The SMILES string of the molecule is CN(C)CC(Cc1cccc(F)c1Br)NN. The maximum atomic E-state index is 13.3. The van der Waals surface area contributed by atoms with Gasteiger partial charge in [0.1, 0.15) is 5.82 Å². The summed E-state index contributed by atoms with van der Waals surface area (Å²) in [6, 6.07) is 5.14. The Balaban J connectivity index is 2.74. The maximum absolute atomic E-state index is 13.3. The zero-order chi connectivity index (χ0) is 12.1. The van der Waals surface area contributed by atoms with Crippen LogP contribution in [-0.4, -0.2) is 31.6 Å². The van der Waals surface area contributed by atoms with E-state index in [2.05, 4.69) is 21.4 Å². The van der Waals surface area contributed by atoms with Crippen LogP contribution in [0.4, 0.5) is 4.39 Å². The van der Waals surface area contributed by atoms with Crippen molar-refractivity contribution in [2.24, 2.45) is 5.84 Å². The van der Waals surface area contributed by atoms with E-state index in [0.29, 0.717) is 10.9 Å². The molecule has 1 aromatic rings. The highest BCUT2D eigenvalue weighted by atomic mass is 79.9. The second kappa shape index (κ2) is 6.30. The molecule has 1 atom stereocenters. The second-order valence-corrected chi connectivity index (χ2v) is 4.84. The molecule has 1 unspecified atom stereocenters. The first-order chi connectivity index (χ1) is 7.54. The van der Waals surface area contributed by atoms with E-state index < -0.39 is 0 Å². The van der Waals surface area contributed by atoms with Crippen LogP contribution in [0.5, 0.6) is 0 Å². The van der Waals surface area contributed by atoms with Gasteiger partial charge < -0.3 is 4.90 Å². The van der Waals surface area contributed by atoms with Gasteiger partial charge in [0.15, 0.2) is 0 Å². The van der Waals surface area contributed by atoms with E-state index in [4.69, 9.17) is 5.84 Å². The van der Waals surface area contributed by atoms with Gasteiger partial charge in [0.05, 0.1) is 4.47 Å². The number of nitrogens with zero attached hydrogens (tertiary/aromatic N) is 1. The molecule has 90 valence electrons. The molecule has 0 saturated carbocycles. The molecule has 0 fully saturated rings. The standard InChI is InChI=1S/C11H17BrFN3/c1-16(2)7-9(15-14)6-8-4-3-5-10(13)11(8)12/h3-5,9,15H,6-7,14H2,1-2H3. The highest BCUT2D eigenvalue weighted by molar-refractivity contribution is 9.10. The Hall–Kier alpha value is -0.490. The fourth-order valence-electron chi connectivity index (χ4n) is 1.59. The molecule has 5 heteroatoms. The van der Waals surface area contributed by atoms with E-state index in [0.717, 1.165) is 12.1 Å². The summed E-state index contributed by atoms with van der Waals surface area (Å²) in [5, 5.41) is 0. The van der Waals surface area contributed by atoms with Crippen LogP contribution < -0.4 is 11.3 Å². The third-order valence-electron chi connectivity index (χ3n) is 2.32. The lowest BCUT2D eigenvalue weighted by Crippen LogP contribution is -2.43. The number of likely N-dealkylation sites (N-methyl/N-ethyl adjacent to an activating group) is 1. The minimum Gasteiger partial charge on any atom is -0.308 e. The number of rotatable bonds is 5. The second-order valence-electron chi connectivity index (χ2n) is 4.04. The predicted octanol–water partition coefficient (Wildman–Crippen LogP) is 1.52. The lowest BCUT2D eigenvalue weighted by atomic mass is 10.1. The van der Waals surface area contributed by atoms with Gasteiger partial charge in [-0.2, -0.15) is 0 Å². The first-order valence-corrected chi connectivity index (χ1v) is 5.87. The van der Waals surface area contributed by atoms with E-state index in [9.17, 15) is 4.39 Å². The van der Waals surface area contributed by atoms with E-state index in [1.54, 1.807) is 6.07 Å². The molecule has 1 rings (SSSR count). The number of nitrogens with one attached hydrogen (secondary N) is 1. The molecular weight excluding hydrogens is 273 g/mol. The van der Waals surface area contributed by atoms with Gasteiger partial charge in [-0.15, -0.1) is 0 Å². The Morgan fingerprint density at radius 2 is 2.19 bits per heavy atom. The summed E-state index contributed by atoms with van der Waals surface area (Å²) in [5.41, 5.74) is 3.66. The first-order valence-electron chi connectivity index (χ1n) is 5.08.